The van der Waals surface area contributed by atoms with Crippen molar-refractivity contribution in [3.05, 3.63) is 71.4 Å². The van der Waals surface area contributed by atoms with Gasteiger partial charge in [0.25, 0.3) is 5.91 Å². The second-order valence-corrected chi connectivity index (χ2v) is 10.0. The number of hydrogen-bond acceptors (Lipinski definition) is 6. The van der Waals surface area contributed by atoms with Gasteiger partial charge in [-0.05, 0) is 44.5 Å². The molecule has 194 valence electrons. The summed E-state index contributed by atoms with van der Waals surface area (Å²) >= 11 is 0. The maximum Gasteiger partial charge on any atom is 0.254 e. The van der Waals surface area contributed by atoms with Crippen LogP contribution in [0.25, 0.3) is 11.4 Å². The zero-order valence-corrected chi connectivity index (χ0v) is 22.0. The van der Waals surface area contributed by atoms with E-state index in [2.05, 4.69) is 25.7 Å². The third kappa shape index (κ3) is 5.77. The molecular formula is C30H36N4O3. The van der Waals surface area contributed by atoms with Gasteiger partial charge >= 0.3 is 0 Å². The van der Waals surface area contributed by atoms with Crippen LogP contribution >= 0.6 is 0 Å². The fourth-order valence-corrected chi connectivity index (χ4v) is 5.11. The molecule has 2 aliphatic heterocycles. The van der Waals surface area contributed by atoms with Crippen LogP contribution in [-0.2, 0) is 17.7 Å². The molecule has 0 N–H and O–H groups in total. The minimum atomic E-state index is 0.0209. The van der Waals surface area contributed by atoms with Crippen molar-refractivity contribution in [2.45, 2.75) is 58.8 Å². The number of ether oxygens (including phenoxy) is 2. The Morgan fingerprint density at radius 2 is 1.76 bits per heavy atom. The Labute approximate surface area is 219 Å². The minimum Gasteiger partial charge on any atom is -0.494 e. The SMILES string of the molecule is CCCCOc1ccc(C(=O)N2CCc3nc(-c4ccccc4)nc(N4CC(C)OC(C)C4)c3C2)cc1. The Morgan fingerprint density at radius 3 is 2.46 bits per heavy atom. The number of benzene rings is 2. The molecular weight excluding hydrogens is 464 g/mol. The highest BCUT2D eigenvalue weighted by molar-refractivity contribution is 5.94. The molecule has 1 aromatic heterocycles. The molecule has 37 heavy (non-hydrogen) atoms. The predicted octanol–water partition coefficient (Wildman–Crippen LogP) is 5.13. The van der Waals surface area contributed by atoms with Gasteiger partial charge in [-0.1, -0.05) is 43.7 Å². The molecule has 0 saturated carbocycles. The van der Waals surface area contributed by atoms with Gasteiger partial charge in [-0.25, -0.2) is 9.97 Å². The largest absolute Gasteiger partial charge is 0.494 e. The maximum atomic E-state index is 13.5. The number of carbonyl (C=O) groups is 1. The summed E-state index contributed by atoms with van der Waals surface area (Å²) in [7, 11) is 0. The van der Waals surface area contributed by atoms with Crippen LogP contribution in [0.5, 0.6) is 5.75 Å². The van der Waals surface area contributed by atoms with Crippen LogP contribution in [0.4, 0.5) is 5.82 Å². The van der Waals surface area contributed by atoms with Crippen molar-refractivity contribution in [1.82, 2.24) is 14.9 Å². The number of amides is 1. The normalized spacial score (nSPS) is 19.4. The molecule has 0 radical (unpaired) electrons. The molecule has 7 nitrogen and oxygen atoms in total. The van der Waals surface area contributed by atoms with Crippen LogP contribution in [-0.4, -0.2) is 59.2 Å². The summed E-state index contributed by atoms with van der Waals surface area (Å²) < 4.78 is 11.8. The Balaban J connectivity index is 1.42. The lowest BCUT2D eigenvalue weighted by Crippen LogP contribution is -2.47. The molecule has 5 rings (SSSR count). The first-order valence-corrected chi connectivity index (χ1v) is 13.4. The lowest BCUT2D eigenvalue weighted by Gasteiger charge is -2.39. The molecule has 0 spiro atoms. The van der Waals surface area contributed by atoms with Crippen LogP contribution in [0.1, 0.15) is 55.2 Å². The first kappa shape index (κ1) is 25.2. The summed E-state index contributed by atoms with van der Waals surface area (Å²) in [5, 5.41) is 0. The van der Waals surface area contributed by atoms with Crippen molar-refractivity contribution >= 4 is 11.7 Å². The van der Waals surface area contributed by atoms with Gasteiger partial charge in [0, 0.05) is 42.7 Å². The Morgan fingerprint density at radius 1 is 1.03 bits per heavy atom. The van der Waals surface area contributed by atoms with Gasteiger partial charge in [-0.3, -0.25) is 4.79 Å². The van der Waals surface area contributed by atoms with Gasteiger partial charge < -0.3 is 19.3 Å². The number of morpholine rings is 1. The van der Waals surface area contributed by atoms with E-state index in [1.807, 2.05) is 59.5 Å². The Bertz CT molecular complexity index is 1210. The highest BCUT2D eigenvalue weighted by atomic mass is 16.5. The van der Waals surface area contributed by atoms with E-state index >= 15 is 0 Å². The van der Waals surface area contributed by atoms with Gasteiger partial charge in [-0.15, -0.1) is 0 Å². The van der Waals surface area contributed by atoms with E-state index in [0.29, 0.717) is 31.7 Å². The standard InChI is InChI=1S/C30H36N4O3/c1-4-5-17-36-25-13-11-24(12-14-25)30(35)33-16-15-27-26(20-33)29(34-18-21(2)37-22(3)19-34)32-28(31-27)23-9-7-6-8-10-23/h6-14,21-22H,4-5,15-20H2,1-3H3. The lowest BCUT2D eigenvalue weighted by atomic mass is 10.0. The second-order valence-electron chi connectivity index (χ2n) is 10.0. The molecule has 2 atom stereocenters. The molecule has 2 aliphatic rings. The second kappa shape index (κ2) is 11.3. The number of fused-ring (bicyclic) bond motifs is 1. The number of hydrogen-bond donors (Lipinski definition) is 0. The summed E-state index contributed by atoms with van der Waals surface area (Å²) in [4.78, 5) is 27.7. The van der Waals surface area contributed by atoms with E-state index in [0.717, 1.165) is 60.1 Å². The summed E-state index contributed by atoms with van der Waals surface area (Å²) in [5.41, 5.74) is 3.74. The van der Waals surface area contributed by atoms with Crippen molar-refractivity contribution in [2.24, 2.45) is 0 Å². The van der Waals surface area contributed by atoms with E-state index in [1.165, 1.54) is 0 Å². The molecule has 2 unspecified atom stereocenters. The third-order valence-electron chi connectivity index (χ3n) is 6.94. The molecule has 0 bridgehead atoms. The number of unbranched alkanes of at least 4 members (excludes halogenated alkanes) is 1. The summed E-state index contributed by atoms with van der Waals surface area (Å²) in [6.07, 6.45) is 3.02. The quantitative estimate of drug-likeness (QED) is 0.419. The van der Waals surface area contributed by atoms with E-state index in [9.17, 15) is 4.79 Å². The number of nitrogens with zero attached hydrogens (tertiary/aromatic N) is 4. The molecule has 7 heteroatoms. The minimum absolute atomic E-state index is 0.0209. The van der Waals surface area contributed by atoms with E-state index in [1.54, 1.807) is 0 Å². The first-order valence-electron chi connectivity index (χ1n) is 13.4. The summed E-state index contributed by atoms with van der Waals surface area (Å²) in [6.45, 7) is 9.67. The van der Waals surface area contributed by atoms with Gasteiger partial charge in [0.15, 0.2) is 5.82 Å². The van der Waals surface area contributed by atoms with Crippen molar-refractivity contribution in [3.8, 4) is 17.1 Å². The van der Waals surface area contributed by atoms with Crippen LogP contribution in [0, 0.1) is 0 Å². The summed E-state index contributed by atoms with van der Waals surface area (Å²) in [5.74, 6) is 2.48. The van der Waals surface area contributed by atoms with Crippen LogP contribution < -0.4 is 9.64 Å². The average molecular weight is 501 g/mol. The molecule has 0 aliphatic carbocycles. The fourth-order valence-electron chi connectivity index (χ4n) is 5.11. The summed E-state index contributed by atoms with van der Waals surface area (Å²) in [6, 6.07) is 17.6. The number of aromatic nitrogens is 2. The van der Waals surface area contributed by atoms with Gasteiger partial charge in [0.2, 0.25) is 0 Å². The lowest BCUT2D eigenvalue weighted by molar-refractivity contribution is -0.00558. The molecule has 3 heterocycles. The van der Waals surface area contributed by atoms with Crippen molar-refractivity contribution in [2.75, 3.05) is 31.1 Å². The number of anilines is 1. The van der Waals surface area contributed by atoms with Crippen LogP contribution in [0.2, 0.25) is 0 Å². The number of carbonyl (C=O) groups excluding carboxylic acids is 1. The highest BCUT2D eigenvalue weighted by Crippen LogP contribution is 2.32. The fraction of sp³-hybridized carbons (Fsp3) is 0.433. The molecule has 1 fully saturated rings. The van der Waals surface area contributed by atoms with Crippen molar-refractivity contribution in [3.63, 3.8) is 0 Å². The first-order chi connectivity index (χ1) is 18.0. The van der Waals surface area contributed by atoms with Gasteiger partial charge in [0.05, 0.1) is 31.1 Å². The van der Waals surface area contributed by atoms with Crippen molar-refractivity contribution < 1.29 is 14.3 Å². The average Bonchev–Trinajstić information content (AvgIpc) is 2.92. The topological polar surface area (TPSA) is 67.8 Å². The van der Waals surface area contributed by atoms with E-state index in [4.69, 9.17) is 19.4 Å². The highest BCUT2D eigenvalue weighted by Gasteiger charge is 2.31. The van der Waals surface area contributed by atoms with Crippen molar-refractivity contribution in [1.29, 1.82) is 0 Å². The van der Waals surface area contributed by atoms with E-state index < -0.39 is 0 Å². The van der Waals surface area contributed by atoms with E-state index in [-0.39, 0.29) is 18.1 Å². The van der Waals surface area contributed by atoms with Gasteiger partial charge in [0.1, 0.15) is 11.6 Å². The Hall–Kier alpha value is -3.45. The molecule has 1 amide bonds. The number of rotatable bonds is 7. The zero-order valence-electron chi connectivity index (χ0n) is 22.0. The van der Waals surface area contributed by atoms with Crippen LogP contribution in [0.3, 0.4) is 0 Å². The monoisotopic (exact) mass is 500 g/mol. The molecule has 1 saturated heterocycles. The predicted molar refractivity (Wildman–Crippen MR) is 145 cm³/mol. The molecule has 2 aromatic carbocycles. The molecule has 3 aromatic rings. The van der Waals surface area contributed by atoms with Crippen LogP contribution in [0.15, 0.2) is 54.6 Å². The maximum absolute atomic E-state index is 13.5. The smallest absolute Gasteiger partial charge is 0.254 e. The Kier molecular flexibility index (Phi) is 7.70. The third-order valence-corrected chi connectivity index (χ3v) is 6.94. The van der Waals surface area contributed by atoms with Gasteiger partial charge in [-0.2, -0.15) is 0 Å². The zero-order chi connectivity index (χ0) is 25.8.